The lowest BCUT2D eigenvalue weighted by Gasteiger charge is -2.35. The summed E-state index contributed by atoms with van der Waals surface area (Å²) in [7, 11) is 0. The molecule has 9 heteroatoms. The van der Waals surface area contributed by atoms with Crippen LogP contribution in [0.5, 0.6) is 11.8 Å². The van der Waals surface area contributed by atoms with E-state index in [9.17, 15) is 5.11 Å². The highest BCUT2D eigenvalue weighted by Gasteiger charge is 2.34. The zero-order valence-electron chi connectivity index (χ0n) is 21.6. The van der Waals surface area contributed by atoms with Crippen LogP contribution in [0.2, 0.25) is 0 Å². The Morgan fingerprint density at radius 2 is 2.03 bits per heavy atom. The van der Waals surface area contributed by atoms with Gasteiger partial charge in [-0.25, -0.2) is 4.39 Å². The average Bonchev–Trinajstić information content (AvgIpc) is 3.28. The SMILES string of the molecule is C#Cc1cccc2cc(O)cc(-c3ncc4c(N5CC6CCC(C5)N6)nc(OC[C@H]5NC[C@H]5C)nc4c3F)c12. The van der Waals surface area contributed by atoms with Crippen molar-refractivity contribution >= 4 is 27.5 Å². The number of piperazine rings is 1. The van der Waals surface area contributed by atoms with E-state index in [2.05, 4.69) is 38.3 Å². The second kappa shape index (κ2) is 9.33. The number of hydrogen-bond acceptors (Lipinski definition) is 8. The molecule has 0 saturated carbocycles. The molecule has 198 valence electrons. The first-order chi connectivity index (χ1) is 19.0. The number of pyridine rings is 1. The number of rotatable bonds is 5. The molecule has 3 saturated heterocycles. The Morgan fingerprint density at radius 1 is 1.21 bits per heavy atom. The molecule has 8 nitrogen and oxygen atoms in total. The van der Waals surface area contributed by atoms with E-state index in [1.54, 1.807) is 18.3 Å². The Morgan fingerprint density at radius 3 is 2.74 bits per heavy atom. The van der Waals surface area contributed by atoms with Gasteiger partial charge in [0.15, 0.2) is 5.82 Å². The summed E-state index contributed by atoms with van der Waals surface area (Å²) in [5.74, 6) is 3.19. The van der Waals surface area contributed by atoms with Crippen LogP contribution in [-0.4, -0.2) is 64.4 Å². The van der Waals surface area contributed by atoms with Gasteiger partial charge in [0.1, 0.15) is 29.4 Å². The fraction of sp³-hybridized carbons (Fsp3) is 0.367. The van der Waals surface area contributed by atoms with Crippen molar-refractivity contribution in [2.75, 3.05) is 31.1 Å². The maximum atomic E-state index is 16.5. The number of ether oxygens (including phenoxy) is 1. The van der Waals surface area contributed by atoms with Gasteiger partial charge in [0, 0.05) is 53.9 Å². The molecule has 2 aromatic carbocycles. The van der Waals surface area contributed by atoms with Crippen LogP contribution < -0.4 is 20.3 Å². The van der Waals surface area contributed by atoms with Gasteiger partial charge in [0.2, 0.25) is 0 Å². The molecule has 0 spiro atoms. The third-order valence-electron chi connectivity index (χ3n) is 8.31. The van der Waals surface area contributed by atoms with E-state index in [0.29, 0.717) is 57.7 Å². The highest BCUT2D eigenvalue weighted by Crippen LogP contribution is 2.38. The standard InChI is InChI=1S/C30H29FN6O2/c1-3-17-5-4-6-18-9-21(38)10-22(25(17)18)27-26(31)28-23(12-33-27)29(37-13-19-7-8-20(14-37)34-19)36-30(35-28)39-15-24-16(2)11-32-24/h1,4-6,9-10,12,16,19-20,24,32,34,38H,7-8,11,13-15H2,2H3/t16-,19?,20?,24-/m1/s1. The fourth-order valence-corrected chi connectivity index (χ4v) is 6.11. The summed E-state index contributed by atoms with van der Waals surface area (Å²) in [4.78, 5) is 16.1. The Kier molecular flexibility index (Phi) is 5.76. The number of hydrogen-bond donors (Lipinski definition) is 3. The number of nitrogens with zero attached hydrogens (tertiary/aromatic N) is 4. The summed E-state index contributed by atoms with van der Waals surface area (Å²) >= 11 is 0. The first kappa shape index (κ1) is 24.1. The molecular formula is C30H29FN6O2. The largest absolute Gasteiger partial charge is 0.508 e. The Balaban J connectivity index is 1.39. The molecule has 7 rings (SSSR count). The fourth-order valence-electron chi connectivity index (χ4n) is 6.11. The number of nitrogens with one attached hydrogen (secondary N) is 2. The van der Waals surface area contributed by atoms with E-state index in [4.69, 9.17) is 16.1 Å². The molecule has 3 aliphatic rings. The summed E-state index contributed by atoms with van der Waals surface area (Å²) in [6.45, 7) is 5.06. The zero-order chi connectivity index (χ0) is 26.7. The molecular weight excluding hydrogens is 495 g/mol. The van der Waals surface area contributed by atoms with Gasteiger partial charge < -0.3 is 25.4 Å². The first-order valence-electron chi connectivity index (χ1n) is 13.4. The minimum Gasteiger partial charge on any atom is -0.508 e. The summed E-state index contributed by atoms with van der Waals surface area (Å²) in [5.41, 5.74) is 1.20. The van der Waals surface area contributed by atoms with E-state index >= 15 is 4.39 Å². The molecule has 39 heavy (non-hydrogen) atoms. The van der Waals surface area contributed by atoms with Crippen LogP contribution in [0.25, 0.3) is 32.9 Å². The number of benzene rings is 2. The number of phenolic OH excluding ortho intramolecular Hbond substituents is 1. The smallest absolute Gasteiger partial charge is 0.319 e. The van der Waals surface area contributed by atoms with Crippen LogP contribution in [0.4, 0.5) is 10.2 Å². The Hall–Kier alpha value is -4.00. The van der Waals surface area contributed by atoms with Crippen molar-refractivity contribution < 1.29 is 14.2 Å². The van der Waals surface area contributed by atoms with Crippen molar-refractivity contribution in [1.82, 2.24) is 25.6 Å². The highest BCUT2D eigenvalue weighted by molar-refractivity contribution is 6.02. The van der Waals surface area contributed by atoms with Crippen LogP contribution in [0.3, 0.4) is 0 Å². The third-order valence-corrected chi connectivity index (χ3v) is 8.31. The van der Waals surface area contributed by atoms with Crippen LogP contribution in [0, 0.1) is 24.1 Å². The Bertz CT molecular complexity index is 1640. The third kappa shape index (κ3) is 4.11. The summed E-state index contributed by atoms with van der Waals surface area (Å²) in [5, 5.41) is 19.3. The van der Waals surface area contributed by atoms with Gasteiger partial charge in [-0.3, -0.25) is 4.98 Å². The number of aromatic nitrogens is 3. The molecule has 4 atom stereocenters. The van der Waals surface area contributed by atoms with Gasteiger partial charge in [-0.2, -0.15) is 9.97 Å². The van der Waals surface area contributed by atoms with Gasteiger partial charge >= 0.3 is 6.01 Å². The zero-order valence-corrected chi connectivity index (χ0v) is 21.6. The number of fused-ring (bicyclic) bond motifs is 4. The maximum Gasteiger partial charge on any atom is 0.319 e. The van der Waals surface area contributed by atoms with E-state index in [0.717, 1.165) is 32.5 Å². The van der Waals surface area contributed by atoms with Crippen molar-refractivity contribution in [2.45, 2.75) is 37.9 Å². The molecule has 5 heterocycles. The van der Waals surface area contributed by atoms with E-state index < -0.39 is 5.82 Å². The molecule has 3 aliphatic heterocycles. The van der Waals surface area contributed by atoms with E-state index in [1.165, 1.54) is 6.07 Å². The minimum absolute atomic E-state index is 0.00113. The van der Waals surface area contributed by atoms with Gasteiger partial charge in [-0.15, -0.1) is 6.42 Å². The molecule has 0 amide bonds. The van der Waals surface area contributed by atoms with Crippen molar-refractivity contribution in [3.8, 4) is 35.4 Å². The topological polar surface area (TPSA) is 95.4 Å². The second-order valence-corrected chi connectivity index (χ2v) is 10.9. The van der Waals surface area contributed by atoms with Gasteiger partial charge in [0.25, 0.3) is 0 Å². The predicted octanol–water partition coefficient (Wildman–Crippen LogP) is 3.60. The molecule has 2 bridgehead atoms. The molecule has 3 N–H and O–H groups in total. The summed E-state index contributed by atoms with van der Waals surface area (Å²) in [6.07, 6.45) is 9.63. The van der Waals surface area contributed by atoms with Crippen LogP contribution >= 0.6 is 0 Å². The lowest BCUT2D eigenvalue weighted by Crippen LogP contribution is -2.54. The number of halogens is 1. The molecule has 3 fully saturated rings. The monoisotopic (exact) mass is 524 g/mol. The van der Waals surface area contributed by atoms with Crippen LogP contribution in [0.1, 0.15) is 25.3 Å². The number of terminal acetylenes is 1. The second-order valence-electron chi connectivity index (χ2n) is 10.9. The lowest BCUT2D eigenvalue weighted by atomic mass is 9.95. The van der Waals surface area contributed by atoms with Crippen LogP contribution in [-0.2, 0) is 0 Å². The predicted molar refractivity (Wildman–Crippen MR) is 148 cm³/mol. The molecule has 0 radical (unpaired) electrons. The van der Waals surface area contributed by atoms with Crippen molar-refractivity contribution in [3.63, 3.8) is 0 Å². The Labute approximate surface area is 225 Å². The quantitative estimate of drug-likeness (QED) is 0.341. The number of aromatic hydroxyl groups is 1. The molecule has 2 aromatic heterocycles. The average molecular weight is 525 g/mol. The minimum atomic E-state index is -0.604. The van der Waals surface area contributed by atoms with Crippen LogP contribution in [0.15, 0.2) is 36.5 Å². The normalized spacial score (nSPS) is 24.1. The van der Waals surface area contributed by atoms with Crippen molar-refractivity contribution in [2.24, 2.45) is 5.92 Å². The summed E-state index contributed by atoms with van der Waals surface area (Å²) < 4.78 is 22.5. The first-order valence-corrected chi connectivity index (χ1v) is 13.4. The molecule has 2 unspecified atom stereocenters. The van der Waals surface area contributed by atoms with Gasteiger partial charge in [0.05, 0.1) is 5.39 Å². The van der Waals surface area contributed by atoms with Crippen molar-refractivity contribution in [1.29, 1.82) is 0 Å². The van der Waals surface area contributed by atoms with E-state index in [1.807, 2.05) is 12.1 Å². The summed E-state index contributed by atoms with van der Waals surface area (Å²) in [6, 6.07) is 9.64. The van der Waals surface area contributed by atoms with Crippen molar-refractivity contribution in [3.05, 3.63) is 47.9 Å². The maximum absolute atomic E-state index is 16.5. The lowest BCUT2D eigenvalue weighted by molar-refractivity contribution is 0.153. The number of phenols is 1. The van der Waals surface area contributed by atoms with Gasteiger partial charge in [-0.05, 0) is 48.9 Å². The number of anilines is 1. The van der Waals surface area contributed by atoms with Gasteiger partial charge in [-0.1, -0.05) is 25.0 Å². The molecule has 4 aromatic rings. The highest BCUT2D eigenvalue weighted by atomic mass is 19.1. The molecule has 0 aliphatic carbocycles. The van der Waals surface area contributed by atoms with E-state index in [-0.39, 0.29) is 29.0 Å².